The van der Waals surface area contributed by atoms with Crippen LogP contribution in [0.15, 0.2) is 0 Å². The molecule has 2 atom stereocenters. The highest BCUT2D eigenvalue weighted by Crippen LogP contribution is 2.40. The number of nitrogens with zero attached hydrogens (tertiary/aromatic N) is 3. The molecule has 2 fully saturated rings. The summed E-state index contributed by atoms with van der Waals surface area (Å²) >= 11 is 6.35. The van der Waals surface area contributed by atoms with Gasteiger partial charge in [0, 0.05) is 24.1 Å². The van der Waals surface area contributed by atoms with Crippen LogP contribution in [-0.2, 0) is 5.41 Å². The highest BCUT2D eigenvalue weighted by Gasteiger charge is 2.37. The van der Waals surface area contributed by atoms with E-state index < -0.39 is 0 Å². The predicted octanol–water partition coefficient (Wildman–Crippen LogP) is 3.97. The molecule has 2 unspecified atom stereocenters. The van der Waals surface area contributed by atoms with Gasteiger partial charge >= 0.3 is 0 Å². The lowest BCUT2D eigenvalue weighted by Crippen LogP contribution is -2.26. The van der Waals surface area contributed by atoms with Crippen LogP contribution in [-0.4, -0.2) is 23.1 Å². The minimum absolute atomic E-state index is 0.0678. The average molecular weight is 294 g/mol. The Kier molecular flexibility index (Phi) is 3.44. The van der Waals surface area contributed by atoms with Crippen molar-refractivity contribution in [1.29, 1.82) is 0 Å². The second-order valence-corrected chi connectivity index (χ2v) is 7.75. The zero-order chi connectivity index (χ0) is 14.5. The van der Waals surface area contributed by atoms with Crippen LogP contribution in [0.1, 0.15) is 51.4 Å². The van der Waals surface area contributed by atoms with Crippen molar-refractivity contribution in [3.8, 4) is 0 Å². The van der Waals surface area contributed by atoms with Crippen molar-refractivity contribution in [2.24, 2.45) is 11.8 Å². The number of hydrogen-bond donors (Lipinski definition) is 0. The maximum atomic E-state index is 6.35. The van der Waals surface area contributed by atoms with Crippen LogP contribution >= 0.6 is 11.6 Å². The van der Waals surface area contributed by atoms with Crippen molar-refractivity contribution in [1.82, 2.24) is 9.97 Å². The maximum Gasteiger partial charge on any atom is 0.137 e. The largest absolute Gasteiger partial charge is 0.356 e. The highest BCUT2D eigenvalue weighted by atomic mass is 35.5. The van der Waals surface area contributed by atoms with Gasteiger partial charge in [0.15, 0.2) is 0 Å². The van der Waals surface area contributed by atoms with Gasteiger partial charge in [0.25, 0.3) is 0 Å². The van der Waals surface area contributed by atoms with E-state index in [0.29, 0.717) is 5.15 Å². The number of anilines is 1. The Morgan fingerprint density at radius 2 is 1.70 bits per heavy atom. The second-order valence-electron chi connectivity index (χ2n) is 7.39. The van der Waals surface area contributed by atoms with Crippen LogP contribution < -0.4 is 4.90 Å². The normalized spacial score (nSPS) is 26.1. The minimum atomic E-state index is -0.0678. The molecule has 3 rings (SSSR count). The second kappa shape index (κ2) is 4.87. The molecule has 4 heteroatoms. The lowest BCUT2D eigenvalue weighted by atomic mass is 9.95. The summed E-state index contributed by atoms with van der Waals surface area (Å²) in [6, 6.07) is 0. The van der Waals surface area contributed by atoms with Crippen molar-refractivity contribution < 1.29 is 0 Å². The first-order chi connectivity index (χ1) is 9.36. The van der Waals surface area contributed by atoms with Crippen LogP contribution in [0.3, 0.4) is 0 Å². The van der Waals surface area contributed by atoms with Crippen molar-refractivity contribution in [2.45, 2.75) is 52.4 Å². The summed E-state index contributed by atoms with van der Waals surface area (Å²) in [5, 5.41) is 0.608. The van der Waals surface area contributed by atoms with E-state index in [0.717, 1.165) is 42.1 Å². The molecule has 1 aliphatic carbocycles. The van der Waals surface area contributed by atoms with Crippen molar-refractivity contribution in [3.63, 3.8) is 0 Å². The fourth-order valence-electron chi connectivity index (χ4n) is 3.53. The van der Waals surface area contributed by atoms with E-state index in [9.17, 15) is 0 Å². The van der Waals surface area contributed by atoms with Gasteiger partial charge in [0.2, 0.25) is 0 Å². The Bertz CT molecular complexity index is 509. The van der Waals surface area contributed by atoms with Crippen LogP contribution in [0.5, 0.6) is 0 Å². The number of hydrogen-bond acceptors (Lipinski definition) is 3. The van der Waals surface area contributed by atoms with Gasteiger partial charge in [-0.15, -0.1) is 0 Å². The Labute approximate surface area is 126 Å². The first-order valence-corrected chi connectivity index (χ1v) is 8.03. The smallest absolute Gasteiger partial charge is 0.137 e. The number of aromatic nitrogens is 2. The number of fused-ring (bicyclic) bond motifs is 1. The maximum absolute atomic E-state index is 6.35. The molecule has 20 heavy (non-hydrogen) atoms. The van der Waals surface area contributed by atoms with E-state index in [1.807, 2.05) is 6.92 Å². The summed E-state index contributed by atoms with van der Waals surface area (Å²) in [7, 11) is 0. The molecule has 1 aliphatic heterocycles. The molecule has 1 aromatic heterocycles. The van der Waals surface area contributed by atoms with Gasteiger partial charge in [0.1, 0.15) is 16.8 Å². The number of halogens is 1. The van der Waals surface area contributed by atoms with E-state index in [-0.39, 0.29) is 5.41 Å². The van der Waals surface area contributed by atoms with E-state index in [4.69, 9.17) is 16.6 Å². The molecule has 1 aromatic rings. The molecule has 0 spiro atoms. The third kappa shape index (κ3) is 2.41. The van der Waals surface area contributed by atoms with Gasteiger partial charge in [0.05, 0.1) is 0 Å². The first kappa shape index (κ1) is 14.1. The summed E-state index contributed by atoms with van der Waals surface area (Å²) in [5.74, 6) is 3.63. The van der Waals surface area contributed by atoms with E-state index in [2.05, 4.69) is 30.7 Å². The summed E-state index contributed by atoms with van der Waals surface area (Å²) in [6.45, 7) is 10.7. The predicted molar refractivity (Wildman–Crippen MR) is 83.5 cm³/mol. The van der Waals surface area contributed by atoms with Crippen molar-refractivity contribution in [3.05, 3.63) is 16.5 Å². The molecule has 3 nitrogen and oxygen atoms in total. The Hall–Kier alpha value is -0.830. The highest BCUT2D eigenvalue weighted by molar-refractivity contribution is 6.30. The molecule has 1 saturated heterocycles. The molecule has 0 aromatic carbocycles. The molecule has 1 saturated carbocycles. The molecule has 0 N–H and O–H groups in total. The van der Waals surface area contributed by atoms with Gasteiger partial charge < -0.3 is 4.90 Å². The Morgan fingerprint density at radius 3 is 2.25 bits per heavy atom. The topological polar surface area (TPSA) is 29.0 Å². The van der Waals surface area contributed by atoms with Gasteiger partial charge in [-0.1, -0.05) is 38.8 Å². The van der Waals surface area contributed by atoms with Gasteiger partial charge in [-0.05, 0) is 31.6 Å². The zero-order valence-corrected chi connectivity index (χ0v) is 13.7. The van der Waals surface area contributed by atoms with Gasteiger partial charge in [-0.3, -0.25) is 0 Å². The van der Waals surface area contributed by atoms with Crippen molar-refractivity contribution >= 4 is 17.4 Å². The molecular formula is C16H24ClN3. The third-order valence-corrected chi connectivity index (χ3v) is 5.13. The fourth-order valence-corrected chi connectivity index (χ4v) is 3.69. The molecule has 0 radical (unpaired) electrons. The molecular weight excluding hydrogens is 270 g/mol. The molecule has 2 aliphatic rings. The third-order valence-electron chi connectivity index (χ3n) is 4.76. The standard InChI is InChI=1S/C16H24ClN3/c1-10-13(17)18-15(16(2,3)4)19-14(10)20-8-11-6-5-7-12(11)9-20/h11-12H,5-9H2,1-4H3. The summed E-state index contributed by atoms with van der Waals surface area (Å²) in [6.07, 6.45) is 4.16. The quantitative estimate of drug-likeness (QED) is 0.734. The van der Waals surface area contributed by atoms with Crippen LogP contribution in [0.25, 0.3) is 0 Å². The van der Waals surface area contributed by atoms with Gasteiger partial charge in [-0.25, -0.2) is 9.97 Å². The van der Waals surface area contributed by atoms with Crippen LogP contribution in [0.4, 0.5) is 5.82 Å². The molecule has 0 amide bonds. The van der Waals surface area contributed by atoms with Crippen LogP contribution in [0, 0.1) is 18.8 Å². The van der Waals surface area contributed by atoms with Gasteiger partial charge in [-0.2, -0.15) is 0 Å². The van der Waals surface area contributed by atoms with E-state index in [1.54, 1.807) is 0 Å². The zero-order valence-electron chi connectivity index (χ0n) is 12.9. The number of rotatable bonds is 1. The molecule has 110 valence electrons. The Morgan fingerprint density at radius 1 is 1.10 bits per heavy atom. The summed E-state index contributed by atoms with van der Waals surface area (Å²) < 4.78 is 0. The average Bonchev–Trinajstić information content (AvgIpc) is 2.91. The van der Waals surface area contributed by atoms with Crippen molar-refractivity contribution in [2.75, 3.05) is 18.0 Å². The lowest BCUT2D eigenvalue weighted by molar-refractivity contribution is 0.494. The summed E-state index contributed by atoms with van der Waals surface area (Å²) in [4.78, 5) is 11.8. The van der Waals surface area contributed by atoms with Crippen LogP contribution in [0.2, 0.25) is 5.15 Å². The SMILES string of the molecule is Cc1c(Cl)nc(C(C)(C)C)nc1N1CC2CCCC2C1. The molecule has 2 heterocycles. The first-order valence-electron chi connectivity index (χ1n) is 7.66. The monoisotopic (exact) mass is 293 g/mol. The minimum Gasteiger partial charge on any atom is -0.356 e. The molecule has 0 bridgehead atoms. The van der Waals surface area contributed by atoms with E-state index >= 15 is 0 Å². The van der Waals surface area contributed by atoms with E-state index in [1.165, 1.54) is 19.3 Å². The lowest BCUT2D eigenvalue weighted by Gasteiger charge is -2.24. The fraction of sp³-hybridized carbons (Fsp3) is 0.750. The Balaban J connectivity index is 1.95. The summed E-state index contributed by atoms with van der Waals surface area (Å²) in [5.41, 5.74) is 0.960.